The molecule has 1 unspecified atom stereocenters. The van der Waals surface area contributed by atoms with E-state index < -0.39 is 11.8 Å². The average Bonchev–Trinajstić information content (AvgIpc) is 2.60. The van der Waals surface area contributed by atoms with E-state index >= 15 is 0 Å². The van der Waals surface area contributed by atoms with E-state index in [-0.39, 0.29) is 18.9 Å². The molecule has 0 radical (unpaired) electrons. The van der Waals surface area contributed by atoms with Crippen LogP contribution in [-0.4, -0.2) is 25.5 Å². The molecule has 2 aromatic rings. The second kappa shape index (κ2) is 8.13. The monoisotopic (exact) mass is 312 g/mol. The lowest BCUT2D eigenvalue weighted by atomic mass is 9.87. The molecule has 0 fully saturated rings. The number of ketones is 1. The van der Waals surface area contributed by atoms with Gasteiger partial charge in [0.1, 0.15) is 5.75 Å². The Labute approximate surface area is 136 Å². The van der Waals surface area contributed by atoms with Crippen molar-refractivity contribution in [2.75, 3.05) is 13.7 Å². The first-order valence-corrected chi connectivity index (χ1v) is 7.54. The Kier molecular flexibility index (Phi) is 5.92. The van der Waals surface area contributed by atoms with E-state index in [1.807, 2.05) is 54.6 Å². The smallest absolute Gasteiger partial charge is 0.374 e. The first kappa shape index (κ1) is 16.7. The van der Waals surface area contributed by atoms with Crippen molar-refractivity contribution in [3.63, 3.8) is 0 Å². The van der Waals surface area contributed by atoms with Gasteiger partial charge in [0.25, 0.3) is 0 Å². The van der Waals surface area contributed by atoms with E-state index in [9.17, 15) is 9.59 Å². The quantitative estimate of drug-likeness (QED) is 0.581. The highest BCUT2D eigenvalue weighted by Gasteiger charge is 2.23. The highest BCUT2D eigenvalue weighted by atomic mass is 16.5. The molecule has 4 heteroatoms. The van der Waals surface area contributed by atoms with Crippen LogP contribution in [0.3, 0.4) is 0 Å². The molecule has 4 nitrogen and oxygen atoms in total. The van der Waals surface area contributed by atoms with E-state index in [1.54, 1.807) is 14.0 Å². The summed E-state index contributed by atoms with van der Waals surface area (Å²) in [6.45, 7) is 1.88. The Bertz CT molecular complexity index is 647. The molecule has 0 amide bonds. The molecule has 0 heterocycles. The minimum absolute atomic E-state index is 0.0785. The van der Waals surface area contributed by atoms with E-state index in [0.717, 1.165) is 16.9 Å². The van der Waals surface area contributed by atoms with E-state index in [2.05, 4.69) is 0 Å². The van der Waals surface area contributed by atoms with Gasteiger partial charge in [-0.15, -0.1) is 0 Å². The SMILES string of the molecule is CCOC(=O)C(=O)CC(c1ccccc1)c1ccc(OC)cc1. The molecule has 0 saturated carbocycles. The Balaban J connectivity index is 2.28. The summed E-state index contributed by atoms with van der Waals surface area (Å²) in [4.78, 5) is 23.8. The number of benzene rings is 2. The summed E-state index contributed by atoms with van der Waals surface area (Å²) < 4.78 is 9.97. The molecule has 0 aliphatic heterocycles. The van der Waals surface area contributed by atoms with Crippen LogP contribution in [-0.2, 0) is 14.3 Å². The van der Waals surface area contributed by atoms with Crippen LogP contribution in [0, 0.1) is 0 Å². The Morgan fingerprint density at radius 2 is 1.57 bits per heavy atom. The van der Waals surface area contributed by atoms with Crippen molar-refractivity contribution in [1.29, 1.82) is 0 Å². The van der Waals surface area contributed by atoms with Gasteiger partial charge in [-0.1, -0.05) is 42.5 Å². The maximum absolute atomic E-state index is 12.1. The van der Waals surface area contributed by atoms with Gasteiger partial charge >= 0.3 is 5.97 Å². The van der Waals surface area contributed by atoms with Crippen molar-refractivity contribution in [3.8, 4) is 5.75 Å². The van der Waals surface area contributed by atoms with Crippen LogP contribution in [0.25, 0.3) is 0 Å². The number of esters is 1. The molecular formula is C19H20O4. The van der Waals surface area contributed by atoms with Gasteiger partial charge in [-0.3, -0.25) is 4.79 Å². The first-order chi connectivity index (χ1) is 11.2. The van der Waals surface area contributed by atoms with E-state index in [4.69, 9.17) is 9.47 Å². The minimum Gasteiger partial charge on any atom is -0.497 e. The number of hydrogen-bond acceptors (Lipinski definition) is 4. The zero-order valence-electron chi connectivity index (χ0n) is 13.3. The second-order valence-corrected chi connectivity index (χ2v) is 5.08. The highest BCUT2D eigenvalue weighted by molar-refractivity contribution is 6.33. The molecule has 0 aliphatic rings. The lowest BCUT2D eigenvalue weighted by molar-refractivity contribution is -0.153. The largest absolute Gasteiger partial charge is 0.497 e. The standard InChI is InChI=1S/C19H20O4/c1-3-23-19(21)18(20)13-17(14-7-5-4-6-8-14)15-9-11-16(22-2)12-10-15/h4-12,17H,3,13H2,1-2H3. The maximum atomic E-state index is 12.1. The van der Waals surface area contributed by atoms with Crippen LogP contribution in [0.15, 0.2) is 54.6 Å². The molecule has 0 aromatic heterocycles. The topological polar surface area (TPSA) is 52.6 Å². The second-order valence-electron chi connectivity index (χ2n) is 5.08. The van der Waals surface area contributed by atoms with Crippen molar-refractivity contribution in [2.45, 2.75) is 19.3 Å². The van der Waals surface area contributed by atoms with Crippen molar-refractivity contribution < 1.29 is 19.1 Å². The number of hydrogen-bond donors (Lipinski definition) is 0. The summed E-state index contributed by atoms with van der Waals surface area (Å²) >= 11 is 0. The zero-order valence-corrected chi connectivity index (χ0v) is 13.3. The summed E-state index contributed by atoms with van der Waals surface area (Å²) in [6, 6.07) is 17.2. The molecule has 23 heavy (non-hydrogen) atoms. The summed E-state index contributed by atoms with van der Waals surface area (Å²) in [7, 11) is 1.61. The number of carbonyl (C=O) groups is 2. The summed E-state index contributed by atoms with van der Waals surface area (Å²) in [5.41, 5.74) is 1.94. The molecule has 0 spiro atoms. The van der Waals surface area contributed by atoms with Gasteiger partial charge in [0.2, 0.25) is 5.78 Å². The number of rotatable bonds is 7. The van der Waals surface area contributed by atoms with E-state index in [1.165, 1.54) is 0 Å². The Morgan fingerprint density at radius 1 is 0.957 bits per heavy atom. The fraction of sp³-hybridized carbons (Fsp3) is 0.263. The molecular weight excluding hydrogens is 292 g/mol. The molecule has 0 aliphatic carbocycles. The number of carbonyl (C=O) groups excluding carboxylic acids is 2. The molecule has 1 atom stereocenters. The number of methoxy groups -OCH3 is 1. The van der Waals surface area contributed by atoms with Gasteiger partial charge in [-0.2, -0.15) is 0 Å². The van der Waals surface area contributed by atoms with Gasteiger partial charge < -0.3 is 9.47 Å². The fourth-order valence-corrected chi connectivity index (χ4v) is 2.43. The third-order valence-electron chi connectivity index (χ3n) is 3.61. The maximum Gasteiger partial charge on any atom is 0.374 e. The highest BCUT2D eigenvalue weighted by Crippen LogP contribution is 2.29. The van der Waals surface area contributed by atoms with E-state index in [0.29, 0.717) is 0 Å². The molecule has 2 rings (SSSR count). The summed E-state index contributed by atoms with van der Waals surface area (Å²) in [5.74, 6) is -0.741. The van der Waals surface area contributed by atoms with Crippen LogP contribution in [0.2, 0.25) is 0 Å². The lowest BCUT2D eigenvalue weighted by Gasteiger charge is -2.17. The van der Waals surface area contributed by atoms with Crippen molar-refractivity contribution in [3.05, 3.63) is 65.7 Å². The van der Waals surface area contributed by atoms with Gasteiger partial charge in [-0.05, 0) is 30.2 Å². The molecule has 0 saturated heterocycles. The summed E-state index contributed by atoms with van der Waals surface area (Å²) in [5, 5.41) is 0. The molecule has 0 N–H and O–H groups in total. The minimum atomic E-state index is -0.776. The van der Waals surface area contributed by atoms with Crippen molar-refractivity contribution in [1.82, 2.24) is 0 Å². The van der Waals surface area contributed by atoms with Gasteiger partial charge in [0, 0.05) is 12.3 Å². The third-order valence-corrected chi connectivity index (χ3v) is 3.61. The van der Waals surface area contributed by atoms with Crippen molar-refractivity contribution in [2.24, 2.45) is 0 Å². The third kappa shape index (κ3) is 4.42. The predicted octanol–water partition coefficient (Wildman–Crippen LogP) is 3.35. The van der Waals surface area contributed by atoms with Crippen LogP contribution in [0.4, 0.5) is 0 Å². The molecule has 0 bridgehead atoms. The molecule has 2 aromatic carbocycles. The molecule has 120 valence electrons. The van der Waals surface area contributed by atoms with Gasteiger partial charge in [0.15, 0.2) is 0 Å². The fourth-order valence-electron chi connectivity index (χ4n) is 2.43. The van der Waals surface area contributed by atoms with Gasteiger partial charge in [0.05, 0.1) is 13.7 Å². The normalized spacial score (nSPS) is 11.6. The number of ether oxygens (including phenoxy) is 2. The van der Waals surface area contributed by atoms with Crippen LogP contribution >= 0.6 is 0 Å². The summed E-state index contributed by atoms with van der Waals surface area (Å²) in [6.07, 6.45) is 0.0785. The Morgan fingerprint density at radius 3 is 2.13 bits per heavy atom. The first-order valence-electron chi connectivity index (χ1n) is 7.54. The zero-order chi connectivity index (χ0) is 16.7. The van der Waals surface area contributed by atoms with Crippen LogP contribution in [0.1, 0.15) is 30.4 Å². The Hall–Kier alpha value is -2.62. The average molecular weight is 312 g/mol. The lowest BCUT2D eigenvalue weighted by Crippen LogP contribution is -2.20. The predicted molar refractivity (Wildman–Crippen MR) is 87.5 cm³/mol. The van der Waals surface area contributed by atoms with Crippen molar-refractivity contribution >= 4 is 11.8 Å². The van der Waals surface area contributed by atoms with Crippen LogP contribution < -0.4 is 4.74 Å². The number of Topliss-reactive ketones (excluding diaryl/α,β-unsaturated/α-hetero) is 1. The van der Waals surface area contributed by atoms with Crippen LogP contribution in [0.5, 0.6) is 5.75 Å². The van der Waals surface area contributed by atoms with Gasteiger partial charge in [-0.25, -0.2) is 4.79 Å².